The summed E-state index contributed by atoms with van der Waals surface area (Å²) in [6.07, 6.45) is -0.548. The lowest BCUT2D eigenvalue weighted by atomic mass is 10.1. The van der Waals surface area contributed by atoms with Crippen LogP contribution in [0, 0.1) is 0 Å². The minimum Gasteiger partial charge on any atom is -0.478 e. The second-order valence-corrected chi connectivity index (χ2v) is 3.35. The molecule has 2 rings (SSSR count). The van der Waals surface area contributed by atoms with Crippen molar-refractivity contribution in [2.45, 2.75) is 0 Å². The average Bonchev–Trinajstić information content (AvgIpc) is 2.63. The van der Waals surface area contributed by atoms with Gasteiger partial charge in [0.2, 0.25) is 0 Å². The van der Waals surface area contributed by atoms with Crippen LogP contribution in [0.2, 0.25) is 0 Å². The number of carboxylic acids is 1. The molecule has 1 heterocycles. The third-order valence-electron chi connectivity index (χ3n) is 2.30. The number of nitrogens with zero attached hydrogens (tertiary/aromatic N) is 1. The van der Waals surface area contributed by atoms with E-state index in [1.807, 2.05) is 0 Å². The van der Waals surface area contributed by atoms with Crippen LogP contribution in [0.15, 0.2) is 18.2 Å². The van der Waals surface area contributed by atoms with Crippen molar-refractivity contribution in [1.82, 2.24) is 0 Å². The number of amides is 1. The summed E-state index contributed by atoms with van der Waals surface area (Å²) >= 11 is 0. The van der Waals surface area contributed by atoms with E-state index in [4.69, 9.17) is 15.6 Å². The first kappa shape index (κ1) is 10.3. The lowest BCUT2D eigenvalue weighted by Gasteiger charge is -2.15. The molecule has 6 heteroatoms. The Morgan fingerprint density at radius 1 is 1.50 bits per heavy atom. The minimum atomic E-state index is -1.10. The third kappa shape index (κ3) is 1.65. The van der Waals surface area contributed by atoms with Gasteiger partial charge < -0.3 is 15.6 Å². The Labute approximate surface area is 91.2 Å². The molecule has 1 amide bonds. The quantitative estimate of drug-likeness (QED) is 0.726. The molecule has 1 aromatic carbocycles. The van der Waals surface area contributed by atoms with E-state index >= 15 is 0 Å². The molecule has 3 N–H and O–H groups in total. The molecule has 1 aromatic rings. The van der Waals surface area contributed by atoms with Crippen LogP contribution in [0.25, 0.3) is 0 Å². The molecule has 1 aliphatic heterocycles. The monoisotopic (exact) mass is 222 g/mol. The van der Waals surface area contributed by atoms with E-state index < -0.39 is 12.1 Å². The Morgan fingerprint density at radius 3 is 2.81 bits per heavy atom. The Morgan fingerprint density at radius 2 is 2.25 bits per heavy atom. The van der Waals surface area contributed by atoms with Crippen molar-refractivity contribution in [3.05, 3.63) is 23.8 Å². The zero-order chi connectivity index (χ0) is 11.7. The molecule has 0 aromatic heterocycles. The molecular weight excluding hydrogens is 212 g/mol. The molecule has 1 fully saturated rings. The number of carbonyl (C=O) groups excluding carboxylic acids is 1. The number of hydrogen-bond donors (Lipinski definition) is 2. The molecule has 0 spiro atoms. The van der Waals surface area contributed by atoms with Crippen molar-refractivity contribution in [3.8, 4) is 0 Å². The number of nitrogen functional groups attached to an aromatic ring is 1. The maximum Gasteiger partial charge on any atom is 0.414 e. The summed E-state index contributed by atoms with van der Waals surface area (Å²) in [6, 6.07) is 4.31. The van der Waals surface area contributed by atoms with Crippen LogP contribution in [0.1, 0.15) is 10.4 Å². The van der Waals surface area contributed by atoms with Crippen molar-refractivity contribution < 1.29 is 19.4 Å². The average molecular weight is 222 g/mol. The predicted octanol–water partition coefficient (Wildman–Crippen LogP) is 0.924. The van der Waals surface area contributed by atoms with Crippen LogP contribution in [0.4, 0.5) is 16.2 Å². The number of aromatic carboxylic acids is 1. The lowest BCUT2D eigenvalue weighted by molar-refractivity contribution is 0.0698. The second-order valence-electron chi connectivity index (χ2n) is 3.35. The van der Waals surface area contributed by atoms with Gasteiger partial charge in [0.15, 0.2) is 0 Å². The number of nitrogens with two attached hydrogens (primary N) is 1. The predicted molar refractivity (Wildman–Crippen MR) is 56.5 cm³/mol. The number of cyclic esters (lactones) is 1. The van der Waals surface area contributed by atoms with Gasteiger partial charge in [-0.05, 0) is 18.2 Å². The number of benzene rings is 1. The Kier molecular flexibility index (Phi) is 2.40. The third-order valence-corrected chi connectivity index (χ3v) is 2.30. The number of rotatable bonds is 2. The van der Waals surface area contributed by atoms with E-state index in [1.54, 1.807) is 0 Å². The Bertz CT molecular complexity index is 458. The summed E-state index contributed by atoms with van der Waals surface area (Å²) in [5.74, 6) is -1.10. The Hall–Kier alpha value is -2.24. The Balaban J connectivity index is 2.48. The van der Waals surface area contributed by atoms with Gasteiger partial charge in [0.05, 0.1) is 17.8 Å². The van der Waals surface area contributed by atoms with Crippen LogP contribution >= 0.6 is 0 Å². The zero-order valence-corrected chi connectivity index (χ0v) is 8.34. The summed E-state index contributed by atoms with van der Waals surface area (Å²) in [5.41, 5.74) is 6.28. The van der Waals surface area contributed by atoms with Crippen LogP contribution in [-0.2, 0) is 4.74 Å². The van der Waals surface area contributed by atoms with Crippen molar-refractivity contribution in [3.63, 3.8) is 0 Å². The highest BCUT2D eigenvalue weighted by Crippen LogP contribution is 2.26. The number of carbonyl (C=O) groups is 2. The fourth-order valence-electron chi connectivity index (χ4n) is 1.57. The van der Waals surface area contributed by atoms with Crippen LogP contribution in [0.3, 0.4) is 0 Å². The van der Waals surface area contributed by atoms with Crippen LogP contribution in [0.5, 0.6) is 0 Å². The molecule has 0 aliphatic carbocycles. The van der Waals surface area contributed by atoms with Crippen molar-refractivity contribution >= 4 is 23.4 Å². The first-order valence-corrected chi connectivity index (χ1v) is 4.66. The van der Waals surface area contributed by atoms with E-state index in [0.29, 0.717) is 12.2 Å². The normalized spacial score (nSPS) is 15.0. The van der Waals surface area contributed by atoms with Crippen molar-refractivity contribution in [2.75, 3.05) is 23.8 Å². The molecule has 1 saturated heterocycles. The number of ether oxygens (including phenoxy) is 1. The highest BCUT2D eigenvalue weighted by atomic mass is 16.6. The number of anilines is 2. The van der Waals surface area contributed by atoms with Crippen LogP contribution in [-0.4, -0.2) is 30.3 Å². The van der Waals surface area contributed by atoms with E-state index in [0.717, 1.165) is 0 Å². The second kappa shape index (κ2) is 3.73. The van der Waals surface area contributed by atoms with Crippen molar-refractivity contribution in [2.24, 2.45) is 0 Å². The molecule has 0 atom stereocenters. The highest BCUT2D eigenvalue weighted by Gasteiger charge is 2.27. The van der Waals surface area contributed by atoms with E-state index in [-0.39, 0.29) is 17.9 Å². The largest absolute Gasteiger partial charge is 0.478 e. The summed E-state index contributed by atoms with van der Waals surface area (Å²) in [7, 11) is 0. The summed E-state index contributed by atoms with van der Waals surface area (Å²) in [4.78, 5) is 23.6. The first-order valence-electron chi connectivity index (χ1n) is 4.66. The minimum absolute atomic E-state index is 0.0352. The number of hydrogen-bond acceptors (Lipinski definition) is 4. The standard InChI is InChI=1S/C10H10N2O4/c11-6-1-2-7(9(13)14)8(5-6)12-3-4-16-10(12)15/h1-2,5H,3-4,11H2,(H,13,14). The van der Waals surface area contributed by atoms with Gasteiger partial charge in [0.1, 0.15) is 6.61 Å². The van der Waals surface area contributed by atoms with Gasteiger partial charge in [-0.1, -0.05) is 0 Å². The van der Waals surface area contributed by atoms with Gasteiger partial charge >= 0.3 is 12.1 Å². The molecule has 0 saturated carbocycles. The van der Waals surface area contributed by atoms with Crippen LogP contribution < -0.4 is 10.6 Å². The maximum atomic E-state index is 11.3. The molecule has 0 radical (unpaired) electrons. The van der Waals surface area contributed by atoms with Gasteiger partial charge in [-0.25, -0.2) is 9.59 Å². The summed E-state index contributed by atoms with van der Waals surface area (Å²) < 4.78 is 4.75. The van der Waals surface area contributed by atoms with Gasteiger partial charge in [-0.3, -0.25) is 4.90 Å². The van der Waals surface area contributed by atoms with Gasteiger partial charge in [0, 0.05) is 5.69 Å². The van der Waals surface area contributed by atoms with E-state index in [2.05, 4.69) is 0 Å². The van der Waals surface area contributed by atoms with Crippen molar-refractivity contribution in [1.29, 1.82) is 0 Å². The van der Waals surface area contributed by atoms with Gasteiger partial charge in [0.25, 0.3) is 0 Å². The molecule has 0 unspecified atom stereocenters. The number of carboxylic acid groups (broad SMARTS) is 1. The summed E-state index contributed by atoms with van der Waals surface area (Å²) in [6.45, 7) is 0.593. The highest BCUT2D eigenvalue weighted by molar-refractivity contribution is 6.01. The topological polar surface area (TPSA) is 92.9 Å². The molecule has 84 valence electrons. The lowest BCUT2D eigenvalue weighted by Crippen LogP contribution is -2.25. The fourth-order valence-corrected chi connectivity index (χ4v) is 1.57. The van der Waals surface area contributed by atoms with Gasteiger partial charge in [-0.2, -0.15) is 0 Å². The SMILES string of the molecule is Nc1ccc(C(=O)O)c(N2CCOC2=O)c1. The first-order chi connectivity index (χ1) is 7.59. The molecule has 0 bridgehead atoms. The van der Waals surface area contributed by atoms with Gasteiger partial charge in [-0.15, -0.1) is 0 Å². The summed E-state index contributed by atoms with van der Waals surface area (Å²) in [5, 5.41) is 8.98. The van der Waals surface area contributed by atoms with E-state index in [9.17, 15) is 9.59 Å². The molecule has 1 aliphatic rings. The molecule has 16 heavy (non-hydrogen) atoms. The smallest absolute Gasteiger partial charge is 0.414 e. The van der Waals surface area contributed by atoms with E-state index in [1.165, 1.54) is 23.1 Å². The fraction of sp³-hybridized carbons (Fsp3) is 0.200. The molecule has 6 nitrogen and oxygen atoms in total. The zero-order valence-electron chi connectivity index (χ0n) is 8.34. The molecular formula is C10H10N2O4. The maximum absolute atomic E-state index is 11.3.